The maximum absolute atomic E-state index is 12.5. The van der Waals surface area contributed by atoms with E-state index in [0.29, 0.717) is 5.56 Å². The van der Waals surface area contributed by atoms with Gasteiger partial charge in [-0.1, -0.05) is 6.07 Å². The molecule has 1 saturated heterocycles. The van der Waals surface area contributed by atoms with Crippen LogP contribution < -0.4 is 0 Å². The monoisotopic (exact) mass is 253 g/mol. The van der Waals surface area contributed by atoms with Crippen LogP contribution in [0.25, 0.3) is 0 Å². The zero-order chi connectivity index (χ0) is 13.1. The van der Waals surface area contributed by atoms with Gasteiger partial charge in [-0.25, -0.2) is 0 Å². The number of hydrogen-bond donors (Lipinski definition) is 0. The first-order valence-corrected chi connectivity index (χ1v) is 6.47. The van der Waals surface area contributed by atoms with E-state index in [9.17, 15) is 4.79 Å². The van der Waals surface area contributed by atoms with Crippen molar-refractivity contribution >= 4 is 5.91 Å². The summed E-state index contributed by atoms with van der Waals surface area (Å²) in [6.07, 6.45) is 8.96. The van der Waals surface area contributed by atoms with Crippen molar-refractivity contribution in [3.8, 4) is 0 Å². The maximum Gasteiger partial charge on any atom is 0.254 e. The van der Waals surface area contributed by atoms with E-state index >= 15 is 0 Å². The molecule has 0 aliphatic carbocycles. The third kappa shape index (κ3) is 2.34. The molecule has 1 aliphatic rings. The van der Waals surface area contributed by atoms with Crippen LogP contribution in [0.15, 0.2) is 49.1 Å². The summed E-state index contributed by atoms with van der Waals surface area (Å²) in [6.45, 7) is 0.806. The van der Waals surface area contributed by atoms with Crippen LogP contribution in [-0.2, 0) is 0 Å². The summed E-state index contributed by atoms with van der Waals surface area (Å²) in [5, 5.41) is 0. The summed E-state index contributed by atoms with van der Waals surface area (Å²) in [4.78, 5) is 22.5. The molecule has 0 spiro atoms. The molecule has 0 bridgehead atoms. The Balaban J connectivity index is 1.86. The lowest BCUT2D eigenvalue weighted by Crippen LogP contribution is -2.30. The van der Waals surface area contributed by atoms with E-state index in [-0.39, 0.29) is 11.9 Å². The van der Waals surface area contributed by atoms with Gasteiger partial charge >= 0.3 is 0 Å². The number of aromatic nitrogens is 2. The Hall–Kier alpha value is -2.23. The van der Waals surface area contributed by atoms with Gasteiger partial charge in [0, 0.05) is 36.9 Å². The second kappa shape index (κ2) is 5.18. The normalized spacial score (nSPS) is 18.5. The van der Waals surface area contributed by atoms with Crippen LogP contribution in [-0.4, -0.2) is 27.3 Å². The first-order valence-electron chi connectivity index (χ1n) is 6.47. The lowest BCUT2D eigenvalue weighted by Gasteiger charge is -2.24. The second-order valence-electron chi connectivity index (χ2n) is 4.68. The molecule has 1 unspecified atom stereocenters. The number of pyridine rings is 2. The van der Waals surface area contributed by atoms with Crippen molar-refractivity contribution in [3.05, 3.63) is 60.2 Å². The fraction of sp³-hybridized carbons (Fsp3) is 0.267. The molecule has 3 rings (SSSR count). The quantitative estimate of drug-likeness (QED) is 0.826. The van der Waals surface area contributed by atoms with Gasteiger partial charge in [-0.2, -0.15) is 0 Å². The fourth-order valence-electron chi connectivity index (χ4n) is 2.59. The van der Waals surface area contributed by atoms with Gasteiger partial charge in [0.2, 0.25) is 0 Å². The van der Waals surface area contributed by atoms with Gasteiger partial charge in [0.05, 0.1) is 6.04 Å². The molecule has 96 valence electrons. The van der Waals surface area contributed by atoms with Gasteiger partial charge in [-0.3, -0.25) is 14.8 Å². The van der Waals surface area contributed by atoms with E-state index in [1.165, 1.54) is 0 Å². The molecule has 2 aromatic heterocycles. The van der Waals surface area contributed by atoms with Gasteiger partial charge < -0.3 is 4.90 Å². The number of rotatable bonds is 2. The summed E-state index contributed by atoms with van der Waals surface area (Å²) in [5.74, 6) is 0.0775. The smallest absolute Gasteiger partial charge is 0.254 e. The molecule has 4 nitrogen and oxygen atoms in total. The molecular weight excluding hydrogens is 238 g/mol. The van der Waals surface area contributed by atoms with Crippen molar-refractivity contribution in [1.82, 2.24) is 14.9 Å². The Labute approximate surface area is 112 Å². The van der Waals surface area contributed by atoms with Gasteiger partial charge in [-0.05, 0) is 36.6 Å². The molecule has 1 atom stereocenters. The Bertz CT molecular complexity index is 556. The van der Waals surface area contributed by atoms with E-state index in [2.05, 4.69) is 9.97 Å². The lowest BCUT2D eigenvalue weighted by molar-refractivity contribution is 0.0735. The molecule has 0 saturated carbocycles. The number of likely N-dealkylation sites (tertiary alicyclic amines) is 1. The predicted molar refractivity (Wildman–Crippen MR) is 71.5 cm³/mol. The van der Waals surface area contributed by atoms with E-state index < -0.39 is 0 Å². The minimum Gasteiger partial charge on any atom is -0.332 e. The highest BCUT2D eigenvalue weighted by atomic mass is 16.2. The molecule has 3 heterocycles. The first-order chi connectivity index (χ1) is 9.36. The average molecular weight is 253 g/mol. The molecule has 1 fully saturated rings. The predicted octanol–water partition coefficient (Wildman–Crippen LogP) is 2.45. The van der Waals surface area contributed by atoms with Crippen LogP contribution in [0.3, 0.4) is 0 Å². The first kappa shape index (κ1) is 11.8. The van der Waals surface area contributed by atoms with E-state index in [1.807, 2.05) is 23.2 Å². The highest BCUT2D eigenvalue weighted by Crippen LogP contribution is 2.32. The van der Waals surface area contributed by atoms with E-state index in [4.69, 9.17) is 0 Å². The second-order valence-corrected chi connectivity index (χ2v) is 4.68. The average Bonchev–Trinajstić information content (AvgIpc) is 2.98. The third-order valence-electron chi connectivity index (χ3n) is 3.51. The minimum atomic E-state index is 0.0775. The Kier molecular flexibility index (Phi) is 3.23. The molecule has 1 amide bonds. The van der Waals surface area contributed by atoms with Gasteiger partial charge in [0.25, 0.3) is 5.91 Å². The van der Waals surface area contributed by atoms with Crippen molar-refractivity contribution in [3.63, 3.8) is 0 Å². The fourth-order valence-corrected chi connectivity index (χ4v) is 2.59. The number of carbonyl (C=O) groups is 1. The van der Waals surface area contributed by atoms with E-state index in [1.54, 1.807) is 30.7 Å². The van der Waals surface area contributed by atoms with Crippen LogP contribution in [0.5, 0.6) is 0 Å². The molecule has 2 aromatic rings. The zero-order valence-electron chi connectivity index (χ0n) is 10.6. The van der Waals surface area contributed by atoms with Crippen molar-refractivity contribution in [2.75, 3.05) is 6.54 Å². The Morgan fingerprint density at radius 3 is 2.74 bits per heavy atom. The number of hydrogen-bond acceptors (Lipinski definition) is 3. The van der Waals surface area contributed by atoms with Crippen LogP contribution in [0.1, 0.15) is 34.8 Å². The minimum absolute atomic E-state index is 0.0775. The number of amides is 1. The van der Waals surface area contributed by atoms with Crippen molar-refractivity contribution < 1.29 is 4.79 Å². The SMILES string of the molecule is O=C(c1ccncc1)N1CCCC1c1cccnc1. The summed E-state index contributed by atoms with van der Waals surface area (Å²) in [7, 11) is 0. The molecular formula is C15H15N3O. The largest absolute Gasteiger partial charge is 0.332 e. The van der Waals surface area contributed by atoms with Crippen LogP contribution >= 0.6 is 0 Å². The summed E-state index contributed by atoms with van der Waals surface area (Å²) >= 11 is 0. The van der Waals surface area contributed by atoms with Crippen LogP contribution in [0.2, 0.25) is 0 Å². The van der Waals surface area contributed by atoms with Crippen molar-refractivity contribution in [2.24, 2.45) is 0 Å². The van der Waals surface area contributed by atoms with Gasteiger partial charge in [0.1, 0.15) is 0 Å². The molecule has 0 aromatic carbocycles. The van der Waals surface area contributed by atoms with Crippen molar-refractivity contribution in [1.29, 1.82) is 0 Å². The molecule has 1 aliphatic heterocycles. The highest BCUT2D eigenvalue weighted by Gasteiger charge is 2.30. The molecule has 4 heteroatoms. The molecule has 0 radical (unpaired) electrons. The zero-order valence-corrected chi connectivity index (χ0v) is 10.6. The summed E-state index contributed by atoms with van der Waals surface area (Å²) < 4.78 is 0. The standard InChI is InChI=1S/C15H15N3O/c19-15(12-5-8-16-9-6-12)18-10-2-4-14(18)13-3-1-7-17-11-13/h1,3,5-9,11,14H,2,4,10H2. The summed E-state index contributed by atoms with van der Waals surface area (Å²) in [6, 6.07) is 7.63. The van der Waals surface area contributed by atoms with Crippen LogP contribution in [0, 0.1) is 0 Å². The van der Waals surface area contributed by atoms with Crippen LogP contribution in [0.4, 0.5) is 0 Å². The summed E-state index contributed by atoms with van der Waals surface area (Å²) in [5.41, 5.74) is 1.81. The lowest BCUT2D eigenvalue weighted by atomic mass is 10.1. The number of nitrogens with zero attached hydrogens (tertiary/aromatic N) is 3. The van der Waals surface area contributed by atoms with Gasteiger partial charge in [-0.15, -0.1) is 0 Å². The van der Waals surface area contributed by atoms with E-state index in [0.717, 1.165) is 24.9 Å². The van der Waals surface area contributed by atoms with Gasteiger partial charge in [0.15, 0.2) is 0 Å². The topological polar surface area (TPSA) is 46.1 Å². The maximum atomic E-state index is 12.5. The Morgan fingerprint density at radius 2 is 2.00 bits per heavy atom. The Morgan fingerprint density at radius 1 is 1.16 bits per heavy atom. The molecule has 19 heavy (non-hydrogen) atoms. The highest BCUT2D eigenvalue weighted by molar-refractivity contribution is 5.94. The third-order valence-corrected chi connectivity index (χ3v) is 3.51. The van der Waals surface area contributed by atoms with Crippen molar-refractivity contribution in [2.45, 2.75) is 18.9 Å². The molecule has 0 N–H and O–H groups in total. The number of carbonyl (C=O) groups excluding carboxylic acids is 1.